The molecule has 4 heterocycles. The molecule has 0 saturated carbocycles. The SMILES string of the molecule is C[C@H](Nc1nc(Nc2cnccn2)cc(N2CC(C(=O)N3CCCCC3)C2)n1)c1ccc(F)cc1. The second kappa shape index (κ2) is 10.2. The first-order valence-electron chi connectivity index (χ1n) is 12.0. The van der Waals surface area contributed by atoms with Crippen molar-refractivity contribution in [3.8, 4) is 0 Å². The first-order valence-corrected chi connectivity index (χ1v) is 12.0. The highest BCUT2D eigenvalue weighted by Crippen LogP contribution is 2.29. The topological polar surface area (TPSA) is 99.2 Å². The summed E-state index contributed by atoms with van der Waals surface area (Å²) in [6.45, 7) is 4.96. The summed E-state index contributed by atoms with van der Waals surface area (Å²) in [5.74, 6) is 2.25. The third kappa shape index (κ3) is 5.47. The van der Waals surface area contributed by atoms with Gasteiger partial charge in [0.05, 0.1) is 18.2 Å². The Hall–Kier alpha value is -3.82. The van der Waals surface area contributed by atoms with Gasteiger partial charge >= 0.3 is 0 Å². The van der Waals surface area contributed by atoms with Crippen molar-refractivity contribution in [2.45, 2.75) is 32.2 Å². The molecule has 2 aliphatic heterocycles. The Bertz CT molecular complexity index is 1150. The minimum Gasteiger partial charge on any atom is -0.355 e. The van der Waals surface area contributed by atoms with Gasteiger partial charge in [0.1, 0.15) is 23.3 Å². The molecule has 1 aromatic carbocycles. The van der Waals surface area contributed by atoms with E-state index in [1.807, 2.05) is 17.9 Å². The lowest BCUT2D eigenvalue weighted by Crippen LogP contribution is -2.55. The average Bonchev–Trinajstić information content (AvgIpc) is 2.84. The predicted octanol–water partition coefficient (Wildman–Crippen LogP) is 3.77. The minimum atomic E-state index is -0.277. The van der Waals surface area contributed by atoms with Gasteiger partial charge in [-0.3, -0.25) is 9.78 Å². The van der Waals surface area contributed by atoms with Crippen LogP contribution in [0.1, 0.15) is 37.8 Å². The summed E-state index contributed by atoms with van der Waals surface area (Å²) >= 11 is 0. The molecule has 1 amide bonds. The lowest BCUT2D eigenvalue weighted by molar-refractivity contribution is -0.137. The van der Waals surface area contributed by atoms with E-state index in [4.69, 9.17) is 4.98 Å². The van der Waals surface area contributed by atoms with Crippen LogP contribution in [-0.2, 0) is 4.79 Å². The number of piperidine rings is 1. The highest BCUT2D eigenvalue weighted by molar-refractivity contribution is 5.82. The van der Waals surface area contributed by atoms with Crippen LogP contribution in [-0.4, -0.2) is 56.9 Å². The van der Waals surface area contributed by atoms with Gasteiger partial charge < -0.3 is 20.4 Å². The Morgan fingerprint density at radius 3 is 2.54 bits per heavy atom. The molecule has 35 heavy (non-hydrogen) atoms. The molecule has 0 bridgehead atoms. The summed E-state index contributed by atoms with van der Waals surface area (Å²) in [4.78, 5) is 34.6. The second-order valence-electron chi connectivity index (χ2n) is 9.06. The average molecular weight is 477 g/mol. The lowest BCUT2D eigenvalue weighted by Gasteiger charge is -2.42. The maximum absolute atomic E-state index is 13.3. The standard InChI is InChI=1S/C25H29FN8O/c1-17(18-5-7-20(26)8-6-18)29-25-31-21(30-22-14-27-9-10-28-22)13-23(32-25)34-15-19(16-34)24(35)33-11-3-2-4-12-33/h5-10,13-14,17,19H,2-4,11-12,15-16H2,1H3,(H2,28,29,30,31,32)/t17-/m0/s1. The van der Waals surface area contributed by atoms with Crippen LogP contribution in [0, 0.1) is 11.7 Å². The van der Waals surface area contributed by atoms with Gasteiger partial charge in [-0.1, -0.05) is 12.1 Å². The number of likely N-dealkylation sites (tertiary alicyclic amines) is 1. The van der Waals surface area contributed by atoms with E-state index in [2.05, 4.69) is 30.5 Å². The fraction of sp³-hybridized carbons (Fsp3) is 0.400. The van der Waals surface area contributed by atoms with Crippen molar-refractivity contribution < 1.29 is 9.18 Å². The molecule has 0 spiro atoms. The van der Waals surface area contributed by atoms with Gasteiger partial charge in [0.25, 0.3) is 0 Å². The molecule has 2 aliphatic rings. The second-order valence-corrected chi connectivity index (χ2v) is 9.06. The quantitative estimate of drug-likeness (QED) is 0.532. The van der Waals surface area contributed by atoms with Crippen molar-refractivity contribution in [2.75, 3.05) is 41.7 Å². The number of aromatic nitrogens is 4. The Morgan fingerprint density at radius 2 is 1.83 bits per heavy atom. The molecule has 2 aromatic heterocycles. The van der Waals surface area contributed by atoms with E-state index in [1.54, 1.807) is 30.7 Å². The van der Waals surface area contributed by atoms with Crippen LogP contribution in [0.2, 0.25) is 0 Å². The zero-order valence-corrected chi connectivity index (χ0v) is 19.7. The number of amides is 1. The van der Waals surface area contributed by atoms with Crippen molar-refractivity contribution in [3.05, 3.63) is 60.3 Å². The minimum absolute atomic E-state index is 0.00554. The van der Waals surface area contributed by atoms with Crippen LogP contribution in [0.5, 0.6) is 0 Å². The van der Waals surface area contributed by atoms with Crippen molar-refractivity contribution in [1.82, 2.24) is 24.8 Å². The summed E-state index contributed by atoms with van der Waals surface area (Å²) in [5, 5.41) is 6.49. The number of anilines is 4. The number of halogens is 1. The maximum atomic E-state index is 13.3. The van der Waals surface area contributed by atoms with E-state index >= 15 is 0 Å². The smallest absolute Gasteiger partial charge is 0.229 e. The molecule has 2 N–H and O–H groups in total. The van der Waals surface area contributed by atoms with Crippen molar-refractivity contribution in [1.29, 1.82) is 0 Å². The van der Waals surface area contributed by atoms with Gasteiger partial charge in [-0.2, -0.15) is 9.97 Å². The number of benzene rings is 1. The summed E-state index contributed by atoms with van der Waals surface area (Å²) in [7, 11) is 0. The zero-order valence-electron chi connectivity index (χ0n) is 19.7. The van der Waals surface area contributed by atoms with Crippen LogP contribution < -0.4 is 15.5 Å². The van der Waals surface area contributed by atoms with Gasteiger partial charge in [0.2, 0.25) is 11.9 Å². The third-order valence-corrected chi connectivity index (χ3v) is 6.47. The lowest BCUT2D eigenvalue weighted by atomic mass is 9.97. The first-order chi connectivity index (χ1) is 17.0. The summed E-state index contributed by atoms with van der Waals surface area (Å²) in [5.41, 5.74) is 0.917. The fourth-order valence-electron chi connectivity index (χ4n) is 4.44. The van der Waals surface area contributed by atoms with E-state index in [0.29, 0.717) is 30.7 Å². The number of nitrogens with one attached hydrogen (secondary N) is 2. The molecule has 2 fully saturated rings. The molecule has 3 aromatic rings. The Labute approximate surface area is 203 Å². The van der Waals surface area contributed by atoms with Gasteiger partial charge in [-0.05, 0) is 43.9 Å². The fourth-order valence-corrected chi connectivity index (χ4v) is 4.44. The summed E-state index contributed by atoms with van der Waals surface area (Å²) in [6.07, 6.45) is 8.21. The van der Waals surface area contributed by atoms with Gasteiger partial charge in [0.15, 0.2) is 0 Å². The monoisotopic (exact) mass is 476 g/mol. The first kappa shape index (κ1) is 22.9. The largest absolute Gasteiger partial charge is 0.355 e. The molecule has 182 valence electrons. The van der Waals surface area contributed by atoms with Crippen LogP contribution in [0.3, 0.4) is 0 Å². The predicted molar refractivity (Wildman–Crippen MR) is 132 cm³/mol. The van der Waals surface area contributed by atoms with E-state index < -0.39 is 0 Å². The van der Waals surface area contributed by atoms with Crippen molar-refractivity contribution in [2.24, 2.45) is 5.92 Å². The van der Waals surface area contributed by atoms with Crippen molar-refractivity contribution >= 4 is 29.3 Å². The number of carbonyl (C=O) groups is 1. The third-order valence-electron chi connectivity index (χ3n) is 6.47. The molecule has 2 saturated heterocycles. The number of rotatable bonds is 7. The summed E-state index contributed by atoms with van der Waals surface area (Å²) in [6, 6.07) is 8.06. The Balaban J connectivity index is 1.33. The molecular weight excluding hydrogens is 447 g/mol. The number of hydrogen-bond acceptors (Lipinski definition) is 8. The van der Waals surface area contributed by atoms with Crippen LogP contribution in [0.4, 0.5) is 27.8 Å². The van der Waals surface area contributed by atoms with Crippen LogP contribution in [0.15, 0.2) is 48.9 Å². The highest BCUT2D eigenvalue weighted by atomic mass is 19.1. The number of carbonyl (C=O) groups excluding carboxylic acids is 1. The van der Waals surface area contributed by atoms with Gasteiger partial charge in [-0.25, -0.2) is 9.37 Å². The summed E-state index contributed by atoms with van der Waals surface area (Å²) < 4.78 is 13.3. The van der Waals surface area contributed by atoms with E-state index in [1.165, 1.54) is 18.6 Å². The van der Waals surface area contributed by atoms with Crippen LogP contribution >= 0.6 is 0 Å². The zero-order chi connectivity index (χ0) is 24.2. The van der Waals surface area contributed by atoms with Crippen molar-refractivity contribution in [3.63, 3.8) is 0 Å². The van der Waals surface area contributed by atoms with E-state index in [-0.39, 0.29) is 23.7 Å². The van der Waals surface area contributed by atoms with Crippen LogP contribution in [0.25, 0.3) is 0 Å². The molecule has 5 rings (SSSR count). The Morgan fingerprint density at radius 1 is 1.06 bits per heavy atom. The number of nitrogens with zero attached hydrogens (tertiary/aromatic N) is 6. The highest BCUT2D eigenvalue weighted by Gasteiger charge is 2.36. The molecule has 9 nitrogen and oxygen atoms in total. The van der Waals surface area contributed by atoms with Gasteiger partial charge in [-0.15, -0.1) is 0 Å². The molecule has 10 heteroatoms. The Kier molecular flexibility index (Phi) is 6.69. The normalized spacial score (nSPS) is 17.0. The molecule has 0 radical (unpaired) electrons. The molecule has 1 atom stereocenters. The van der Waals surface area contributed by atoms with E-state index in [9.17, 15) is 9.18 Å². The molecular formula is C25H29FN8O. The molecule has 0 unspecified atom stereocenters. The molecule has 0 aliphatic carbocycles. The van der Waals surface area contributed by atoms with Gasteiger partial charge in [0, 0.05) is 44.6 Å². The maximum Gasteiger partial charge on any atom is 0.229 e. The number of hydrogen-bond donors (Lipinski definition) is 2. The van der Waals surface area contributed by atoms with E-state index in [0.717, 1.165) is 37.3 Å².